The first-order valence-electron chi connectivity index (χ1n) is 9.93. The van der Waals surface area contributed by atoms with E-state index in [2.05, 4.69) is 66.0 Å². The van der Waals surface area contributed by atoms with Crippen LogP contribution in [0.2, 0.25) is 0 Å². The van der Waals surface area contributed by atoms with Gasteiger partial charge in [0.25, 0.3) is 0 Å². The number of benzene rings is 1. The van der Waals surface area contributed by atoms with Gasteiger partial charge in [0.05, 0.1) is 5.69 Å². The number of hydrogen-bond acceptors (Lipinski definition) is 5. The van der Waals surface area contributed by atoms with Crippen molar-refractivity contribution in [2.45, 2.75) is 46.5 Å². The van der Waals surface area contributed by atoms with Crippen molar-refractivity contribution in [1.29, 1.82) is 0 Å². The first kappa shape index (κ1) is 19.1. The van der Waals surface area contributed by atoms with Gasteiger partial charge in [0.1, 0.15) is 0 Å². The lowest BCUT2D eigenvalue weighted by atomic mass is 10.0. The summed E-state index contributed by atoms with van der Waals surface area (Å²) in [5, 5.41) is 1.00. The number of nitrogens with zero attached hydrogens (tertiary/aromatic N) is 4. The van der Waals surface area contributed by atoms with Crippen molar-refractivity contribution in [2.24, 2.45) is 0 Å². The van der Waals surface area contributed by atoms with Crippen molar-refractivity contribution in [3.8, 4) is 11.3 Å². The molecule has 142 valence electrons. The minimum absolute atomic E-state index is 0.267. The molecule has 0 fully saturated rings. The molecule has 0 radical (unpaired) electrons. The number of unbranched alkanes of at least 4 members (excludes halogenated alkanes) is 2. The van der Waals surface area contributed by atoms with Crippen LogP contribution in [-0.4, -0.2) is 28.0 Å². The lowest BCUT2D eigenvalue weighted by molar-refractivity contribution is 0.719. The van der Waals surface area contributed by atoms with Gasteiger partial charge in [-0.15, -0.1) is 0 Å². The number of fused-ring (bicyclic) bond motifs is 1. The number of rotatable bonds is 8. The number of aromatic nitrogens is 3. The smallest absolute Gasteiger partial charge is 0.222 e. The summed E-state index contributed by atoms with van der Waals surface area (Å²) in [5.74, 6) is 0.267. The van der Waals surface area contributed by atoms with Crippen LogP contribution in [0.4, 0.5) is 11.6 Å². The zero-order chi connectivity index (χ0) is 19.2. The molecule has 3 rings (SSSR count). The summed E-state index contributed by atoms with van der Waals surface area (Å²) in [6, 6.07) is 10.8. The van der Waals surface area contributed by atoms with Crippen LogP contribution in [0.1, 0.15) is 45.6 Å². The van der Waals surface area contributed by atoms with E-state index in [1.165, 1.54) is 24.1 Å². The van der Waals surface area contributed by atoms with E-state index in [9.17, 15) is 0 Å². The molecule has 27 heavy (non-hydrogen) atoms. The Morgan fingerprint density at radius 1 is 0.963 bits per heavy atom. The van der Waals surface area contributed by atoms with E-state index in [0.29, 0.717) is 5.65 Å². The third kappa shape index (κ3) is 4.35. The van der Waals surface area contributed by atoms with Gasteiger partial charge in [-0.3, -0.25) is 0 Å². The predicted molar refractivity (Wildman–Crippen MR) is 114 cm³/mol. The second-order valence-corrected chi connectivity index (χ2v) is 6.81. The van der Waals surface area contributed by atoms with E-state index in [-0.39, 0.29) is 5.95 Å². The van der Waals surface area contributed by atoms with Crippen LogP contribution >= 0.6 is 0 Å². The Morgan fingerprint density at radius 2 is 1.70 bits per heavy atom. The van der Waals surface area contributed by atoms with Crippen LogP contribution in [0.25, 0.3) is 22.3 Å². The van der Waals surface area contributed by atoms with Gasteiger partial charge in [-0.05, 0) is 50.5 Å². The van der Waals surface area contributed by atoms with E-state index in [4.69, 9.17) is 10.7 Å². The maximum Gasteiger partial charge on any atom is 0.222 e. The number of nitrogens with two attached hydrogens (primary N) is 1. The van der Waals surface area contributed by atoms with Gasteiger partial charge in [-0.1, -0.05) is 31.9 Å². The molecule has 1 aromatic carbocycles. The summed E-state index contributed by atoms with van der Waals surface area (Å²) in [7, 11) is 0. The molecule has 0 saturated heterocycles. The molecule has 2 N–H and O–H groups in total. The van der Waals surface area contributed by atoms with Crippen molar-refractivity contribution in [2.75, 3.05) is 23.7 Å². The highest BCUT2D eigenvalue weighted by Gasteiger charge is 2.10. The highest BCUT2D eigenvalue weighted by molar-refractivity contribution is 5.82. The van der Waals surface area contributed by atoms with Gasteiger partial charge in [-0.25, -0.2) is 9.97 Å². The van der Waals surface area contributed by atoms with Crippen LogP contribution in [-0.2, 0) is 6.42 Å². The molecule has 0 unspecified atom stereocenters. The highest BCUT2D eigenvalue weighted by atomic mass is 15.1. The fraction of sp³-hybridized carbons (Fsp3) is 0.409. The number of pyridine rings is 1. The quantitative estimate of drug-likeness (QED) is 0.579. The van der Waals surface area contributed by atoms with Crippen LogP contribution in [0.15, 0.2) is 36.5 Å². The largest absolute Gasteiger partial charge is 0.372 e. The van der Waals surface area contributed by atoms with Crippen LogP contribution < -0.4 is 10.6 Å². The van der Waals surface area contributed by atoms with Gasteiger partial charge < -0.3 is 10.6 Å². The molecule has 0 aliphatic heterocycles. The lowest BCUT2D eigenvalue weighted by Gasteiger charge is -2.21. The van der Waals surface area contributed by atoms with E-state index >= 15 is 0 Å². The summed E-state index contributed by atoms with van der Waals surface area (Å²) < 4.78 is 0. The van der Waals surface area contributed by atoms with E-state index in [1.807, 2.05) is 0 Å². The number of anilines is 2. The molecule has 0 spiro atoms. The first-order valence-corrected chi connectivity index (χ1v) is 9.93. The van der Waals surface area contributed by atoms with Crippen molar-refractivity contribution >= 4 is 22.7 Å². The maximum atomic E-state index is 5.80. The molecule has 0 atom stereocenters. The standard InChI is InChI=1S/C22H29N5/c1-4-7-8-9-17-14-20(25-21-19(17)15-24-22(23)26-21)16-10-12-18(13-11-16)27(5-2)6-3/h10-15H,4-9H2,1-3H3,(H2,23,24,25,26). The van der Waals surface area contributed by atoms with Gasteiger partial charge >= 0.3 is 0 Å². The lowest BCUT2D eigenvalue weighted by Crippen LogP contribution is -2.21. The molecule has 0 aliphatic carbocycles. The van der Waals surface area contributed by atoms with Crippen molar-refractivity contribution in [1.82, 2.24) is 15.0 Å². The van der Waals surface area contributed by atoms with Gasteiger partial charge in [0.15, 0.2) is 5.65 Å². The fourth-order valence-electron chi connectivity index (χ4n) is 3.44. The molecular weight excluding hydrogens is 334 g/mol. The molecular formula is C22H29N5. The molecule has 5 nitrogen and oxygen atoms in total. The Bertz CT molecular complexity index is 885. The van der Waals surface area contributed by atoms with Crippen molar-refractivity contribution < 1.29 is 0 Å². The summed E-state index contributed by atoms with van der Waals surface area (Å²) >= 11 is 0. The number of aryl methyl sites for hydroxylation is 1. The minimum Gasteiger partial charge on any atom is -0.372 e. The van der Waals surface area contributed by atoms with Gasteiger partial charge in [-0.2, -0.15) is 4.98 Å². The summed E-state index contributed by atoms with van der Waals surface area (Å²) in [4.78, 5) is 15.6. The van der Waals surface area contributed by atoms with Crippen LogP contribution in [0.3, 0.4) is 0 Å². The second-order valence-electron chi connectivity index (χ2n) is 6.81. The predicted octanol–water partition coefficient (Wildman–Crippen LogP) is 4.85. The monoisotopic (exact) mass is 363 g/mol. The summed E-state index contributed by atoms with van der Waals surface area (Å²) in [6.45, 7) is 8.57. The maximum absolute atomic E-state index is 5.80. The van der Waals surface area contributed by atoms with Crippen molar-refractivity contribution in [3.63, 3.8) is 0 Å². The van der Waals surface area contributed by atoms with E-state index < -0.39 is 0 Å². The first-order chi connectivity index (χ1) is 13.2. The summed E-state index contributed by atoms with van der Waals surface area (Å²) in [5.41, 5.74) is 11.0. The highest BCUT2D eigenvalue weighted by Crippen LogP contribution is 2.27. The molecule has 0 saturated carbocycles. The molecule has 0 amide bonds. The molecule has 2 aromatic heterocycles. The third-order valence-electron chi connectivity index (χ3n) is 5.01. The average molecular weight is 364 g/mol. The zero-order valence-corrected chi connectivity index (χ0v) is 16.6. The zero-order valence-electron chi connectivity index (χ0n) is 16.6. The van der Waals surface area contributed by atoms with E-state index in [1.54, 1.807) is 6.20 Å². The molecule has 3 aromatic rings. The second kappa shape index (κ2) is 8.80. The Hall–Kier alpha value is -2.69. The van der Waals surface area contributed by atoms with Crippen LogP contribution in [0.5, 0.6) is 0 Å². The Morgan fingerprint density at radius 3 is 2.37 bits per heavy atom. The van der Waals surface area contributed by atoms with Crippen LogP contribution in [0, 0.1) is 0 Å². The third-order valence-corrected chi connectivity index (χ3v) is 5.01. The number of nitrogen functional groups attached to an aromatic ring is 1. The fourth-order valence-corrected chi connectivity index (χ4v) is 3.44. The normalized spacial score (nSPS) is 11.1. The Kier molecular flexibility index (Phi) is 6.22. The van der Waals surface area contributed by atoms with Crippen molar-refractivity contribution in [3.05, 3.63) is 42.1 Å². The Labute approximate surface area is 161 Å². The topological polar surface area (TPSA) is 67.9 Å². The van der Waals surface area contributed by atoms with Gasteiger partial charge in [0, 0.05) is 35.9 Å². The molecule has 2 heterocycles. The average Bonchev–Trinajstić information content (AvgIpc) is 2.69. The Balaban J connectivity index is 2.00. The minimum atomic E-state index is 0.267. The SMILES string of the molecule is CCCCCc1cc(-c2ccc(N(CC)CC)cc2)nc2nc(N)ncc12. The molecule has 0 aliphatic rings. The van der Waals surface area contributed by atoms with E-state index in [0.717, 1.165) is 42.6 Å². The molecule has 5 heteroatoms. The molecule has 0 bridgehead atoms. The summed E-state index contributed by atoms with van der Waals surface area (Å²) in [6.07, 6.45) is 6.38. The van der Waals surface area contributed by atoms with Gasteiger partial charge in [0.2, 0.25) is 5.95 Å². The number of hydrogen-bond donors (Lipinski definition) is 1.